The lowest BCUT2D eigenvalue weighted by atomic mass is 10.0. The predicted octanol–water partition coefficient (Wildman–Crippen LogP) is 3.13. The Morgan fingerprint density at radius 3 is 2.72 bits per heavy atom. The summed E-state index contributed by atoms with van der Waals surface area (Å²) in [5.41, 5.74) is 1.20. The van der Waals surface area contributed by atoms with E-state index in [0.717, 1.165) is 36.5 Å². The molecule has 4 heteroatoms. The van der Waals surface area contributed by atoms with Crippen LogP contribution in [0.3, 0.4) is 0 Å². The molecule has 1 aromatic carbocycles. The molecule has 18 heavy (non-hydrogen) atoms. The summed E-state index contributed by atoms with van der Waals surface area (Å²) in [6.45, 7) is 4.63. The van der Waals surface area contributed by atoms with E-state index in [-0.39, 0.29) is 11.6 Å². The Morgan fingerprint density at radius 2 is 2.06 bits per heavy atom. The Bertz CT molecular complexity index is 473. The Morgan fingerprint density at radius 1 is 1.33 bits per heavy atom. The number of carbonyl (C=O) groups is 1. The lowest BCUT2D eigenvalue weighted by molar-refractivity contribution is 0.184. The Balaban J connectivity index is 1.75. The van der Waals surface area contributed by atoms with Crippen LogP contribution in [0, 0.1) is 0 Å². The van der Waals surface area contributed by atoms with E-state index < -0.39 is 0 Å². The van der Waals surface area contributed by atoms with Crippen LogP contribution in [0.2, 0.25) is 5.02 Å². The number of amides is 2. The summed E-state index contributed by atoms with van der Waals surface area (Å²) in [6, 6.07) is 7.91. The van der Waals surface area contributed by atoms with Crippen LogP contribution >= 0.6 is 11.6 Å². The van der Waals surface area contributed by atoms with Gasteiger partial charge in [0.25, 0.3) is 0 Å². The third kappa shape index (κ3) is 1.87. The van der Waals surface area contributed by atoms with Gasteiger partial charge in [-0.3, -0.25) is 0 Å². The Hall–Kier alpha value is -1.22. The van der Waals surface area contributed by atoms with Gasteiger partial charge >= 0.3 is 6.03 Å². The minimum atomic E-state index is 0.0590. The molecular formula is C14H17ClN2O. The zero-order valence-corrected chi connectivity index (χ0v) is 11.3. The molecule has 0 aromatic heterocycles. The second-order valence-corrected chi connectivity index (χ2v) is 5.95. The molecule has 3 nitrogen and oxygen atoms in total. The monoisotopic (exact) mass is 264 g/mol. The van der Waals surface area contributed by atoms with Crippen molar-refractivity contribution in [2.75, 3.05) is 13.1 Å². The van der Waals surface area contributed by atoms with Crippen molar-refractivity contribution in [2.24, 2.45) is 0 Å². The van der Waals surface area contributed by atoms with E-state index in [4.69, 9.17) is 11.6 Å². The van der Waals surface area contributed by atoms with Crippen LogP contribution in [0.4, 0.5) is 4.79 Å². The van der Waals surface area contributed by atoms with Gasteiger partial charge in [-0.1, -0.05) is 23.7 Å². The van der Waals surface area contributed by atoms with Gasteiger partial charge in [-0.15, -0.1) is 0 Å². The standard InChI is InChI=1S/C14H17ClN2O/c1-14-7-2-8-17(14)13(18)16(10-14)9-11-3-5-12(15)6-4-11/h3-6H,2,7-10H2,1H3. The van der Waals surface area contributed by atoms with Gasteiger partial charge in [0.15, 0.2) is 0 Å². The highest BCUT2D eigenvalue weighted by molar-refractivity contribution is 6.30. The van der Waals surface area contributed by atoms with Crippen molar-refractivity contribution in [1.82, 2.24) is 9.80 Å². The van der Waals surface area contributed by atoms with Crippen LogP contribution in [0.25, 0.3) is 0 Å². The molecule has 2 aliphatic heterocycles. The molecule has 0 saturated carbocycles. The van der Waals surface area contributed by atoms with Gasteiger partial charge < -0.3 is 9.80 Å². The van der Waals surface area contributed by atoms with Crippen LogP contribution < -0.4 is 0 Å². The summed E-state index contributed by atoms with van der Waals surface area (Å²) in [5, 5.41) is 0.735. The number of carbonyl (C=O) groups excluding carboxylic acids is 1. The number of benzene rings is 1. The van der Waals surface area contributed by atoms with E-state index in [1.807, 2.05) is 34.1 Å². The van der Waals surface area contributed by atoms with Gasteiger partial charge in [-0.05, 0) is 37.5 Å². The molecule has 0 radical (unpaired) electrons. The van der Waals surface area contributed by atoms with Gasteiger partial charge in [0.1, 0.15) is 0 Å². The minimum absolute atomic E-state index is 0.0590. The third-order valence-corrected chi connectivity index (χ3v) is 4.32. The van der Waals surface area contributed by atoms with E-state index >= 15 is 0 Å². The highest BCUT2D eigenvalue weighted by Gasteiger charge is 2.48. The van der Waals surface area contributed by atoms with Crippen LogP contribution in [-0.4, -0.2) is 34.5 Å². The molecule has 2 fully saturated rings. The first-order valence-electron chi connectivity index (χ1n) is 6.39. The molecule has 2 aliphatic rings. The maximum absolute atomic E-state index is 12.3. The number of hydrogen-bond donors (Lipinski definition) is 0. The van der Waals surface area contributed by atoms with Gasteiger partial charge in [0.2, 0.25) is 0 Å². The second kappa shape index (κ2) is 4.16. The van der Waals surface area contributed by atoms with E-state index in [1.54, 1.807) is 0 Å². The fourth-order valence-electron chi connectivity index (χ4n) is 3.10. The summed E-state index contributed by atoms with van der Waals surface area (Å²) in [7, 11) is 0. The summed E-state index contributed by atoms with van der Waals surface area (Å²) in [4.78, 5) is 16.3. The summed E-state index contributed by atoms with van der Waals surface area (Å²) in [5.74, 6) is 0. The molecule has 1 atom stereocenters. The number of rotatable bonds is 2. The van der Waals surface area contributed by atoms with Crippen molar-refractivity contribution < 1.29 is 4.79 Å². The highest BCUT2D eigenvalue weighted by Crippen LogP contribution is 2.36. The maximum Gasteiger partial charge on any atom is 0.320 e. The first kappa shape index (κ1) is 11.8. The molecule has 2 amide bonds. The molecule has 0 aliphatic carbocycles. The van der Waals surface area contributed by atoms with Gasteiger partial charge in [0, 0.05) is 24.7 Å². The van der Waals surface area contributed by atoms with Crippen molar-refractivity contribution in [2.45, 2.75) is 31.8 Å². The maximum atomic E-state index is 12.3. The van der Waals surface area contributed by atoms with Crippen molar-refractivity contribution in [3.8, 4) is 0 Å². The van der Waals surface area contributed by atoms with E-state index in [0.29, 0.717) is 6.54 Å². The summed E-state index contributed by atoms with van der Waals surface area (Å²) in [6.07, 6.45) is 2.26. The predicted molar refractivity (Wildman–Crippen MR) is 71.6 cm³/mol. The summed E-state index contributed by atoms with van der Waals surface area (Å²) >= 11 is 5.87. The van der Waals surface area contributed by atoms with E-state index in [1.165, 1.54) is 0 Å². The van der Waals surface area contributed by atoms with E-state index in [2.05, 4.69) is 6.92 Å². The van der Waals surface area contributed by atoms with Crippen molar-refractivity contribution in [3.63, 3.8) is 0 Å². The Kier molecular flexibility index (Phi) is 2.74. The first-order valence-corrected chi connectivity index (χ1v) is 6.77. The van der Waals surface area contributed by atoms with E-state index in [9.17, 15) is 4.79 Å². The summed E-state index contributed by atoms with van der Waals surface area (Å²) < 4.78 is 0. The molecule has 2 saturated heterocycles. The minimum Gasteiger partial charge on any atom is -0.318 e. The molecule has 0 N–H and O–H groups in total. The molecular weight excluding hydrogens is 248 g/mol. The number of fused-ring (bicyclic) bond motifs is 1. The average molecular weight is 265 g/mol. The smallest absolute Gasteiger partial charge is 0.318 e. The van der Waals surface area contributed by atoms with Crippen molar-refractivity contribution >= 4 is 17.6 Å². The third-order valence-electron chi connectivity index (χ3n) is 4.07. The molecule has 3 rings (SSSR count). The van der Waals surface area contributed by atoms with Crippen molar-refractivity contribution in [1.29, 1.82) is 0 Å². The number of halogens is 1. The molecule has 0 spiro atoms. The highest BCUT2D eigenvalue weighted by atomic mass is 35.5. The molecule has 1 aromatic rings. The zero-order chi connectivity index (χ0) is 12.8. The van der Waals surface area contributed by atoms with Gasteiger partial charge in [0.05, 0.1) is 5.54 Å². The molecule has 0 bridgehead atoms. The number of hydrogen-bond acceptors (Lipinski definition) is 1. The normalized spacial score (nSPS) is 26.9. The lowest BCUT2D eigenvalue weighted by Gasteiger charge is -2.24. The SMILES string of the molecule is CC12CCCN1C(=O)N(Cc1ccc(Cl)cc1)C2. The number of nitrogens with zero attached hydrogens (tertiary/aromatic N) is 2. The average Bonchev–Trinajstić information content (AvgIpc) is 2.81. The van der Waals surface area contributed by atoms with Crippen molar-refractivity contribution in [3.05, 3.63) is 34.9 Å². The van der Waals surface area contributed by atoms with Crippen LogP contribution in [0.15, 0.2) is 24.3 Å². The molecule has 2 heterocycles. The first-order chi connectivity index (χ1) is 8.58. The molecule has 1 unspecified atom stereocenters. The van der Waals surface area contributed by atoms with Crippen LogP contribution in [0.1, 0.15) is 25.3 Å². The topological polar surface area (TPSA) is 23.6 Å². The fourth-order valence-corrected chi connectivity index (χ4v) is 3.22. The molecule has 96 valence electrons. The largest absolute Gasteiger partial charge is 0.320 e. The fraction of sp³-hybridized carbons (Fsp3) is 0.500. The van der Waals surface area contributed by atoms with Gasteiger partial charge in [-0.2, -0.15) is 0 Å². The second-order valence-electron chi connectivity index (χ2n) is 5.52. The quantitative estimate of drug-likeness (QED) is 0.805. The van der Waals surface area contributed by atoms with Crippen LogP contribution in [-0.2, 0) is 6.54 Å². The van der Waals surface area contributed by atoms with Crippen LogP contribution in [0.5, 0.6) is 0 Å². The zero-order valence-electron chi connectivity index (χ0n) is 10.5. The van der Waals surface area contributed by atoms with Gasteiger partial charge in [-0.25, -0.2) is 4.79 Å². The Labute approximate surface area is 112 Å². The lowest BCUT2D eigenvalue weighted by Crippen LogP contribution is -2.38. The number of urea groups is 1.